The maximum Gasteiger partial charge on any atom is 0.338 e. The summed E-state index contributed by atoms with van der Waals surface area (Å²) in [5, 5.41) is 2.95. The second kappa shape index (κ2) is 12.1. The molecule has 9 nitrogen and oxygen atoms in total. The van der Waals surface area contributed by atoms with Gasteiger partial charge >= 0.3 is 12.0 Å². The molecule has 3 amide bonds. The van der Waals surface area contributed by atoms with E-state index >= 15 is 0 Å². The molecule has 2 aromatic carbocycles. The number of ether oxygens (including phenoxy) is 2. The number of hydrogen-bond donors (Lipinski definition) is 1. The third-order valence-corrected chi connectivity index (χ3v) is 7.07. The Hall–Kier alpha value is -3.85. The highest BCUT2D eigenvalue weighted by molar-refractivity contribution is 5.95. The molecule has 2 aliphatic rings. The summed E-state index contributed by atoms with van der Waals surface area (Å²) in [5.74, 6) is 0.248. The number of amides is 3. The number of carbonyl (C=O) groups excluding carboxylic acids is 3. The van der Waals surface area contributed by atoms with Crippen molar-refractivity contribution in [3.63, 3.8) is 0 Å². The van der Waals surface area contributed by atoms with E-state index in [2.05, 4.69) is 10.2 Å². The van der Waals surface area contributed by atoms with E-state index in [1.165, 1.54) is 4.90 Å². The molecule has 0 saturated carbocycles. The predicted octanol–water partition coefficient (Wildman–Crippen LogP) is 3.37. The predicted molar refractivity (Wildman–Crippen MR) is 144 cm³/mol. The molecule has 202 valence electrons. The third kappa shape index (κ3) is 5.99. The van der Waals surface area contributed by atoms with E-state index in [1.54, 1.807) is 33.2 Å². The number of rotatable bonds is 7. The molecule has 1 unspecified atom stereocenters. The molecule has 1 fully saturated rings. The molecule has 0 radical (unpaired) electrons. The van der Waals surface area contributed by atoms with Crippen LogP contribution in [0.1, 0.15) is 40.9 Å². The lowest BCUT2D eigenvalue weighted by Crippen LogP contribution is -2.49. The number of hydrogen-bond acceptors (Lipinski definition) is 6. The monoisotopic (exact) mass is 520 g/mol. The zero-order chi connectivity index (χ0) is 27.2. The van der Waals surface area contributed by atoms with Gasteiger partial charge in [-0.3, -0.25) is 14.6 Å². The normalized spacial score (nSPS) is 18.6. The van der Waals surface area contributed by atoms with Crippen molar-refractivity contribution < 1.29 is 23.9 Å². The lowest BCUT2D eigenvalue weighted by atomic mass is 9.94. The van der Waals surface area contributed by atoms with Gasteiger partial charge in [0.1, 0.15) is 5.75 Å². The van der Waals surface area contributed by atoms with Crippen LogP contribution in [0.2, 0.25) is 0 Å². The Morgan fingerprint density at radius 2 is 1.71 bits per heavy atom. The van der Waals surface area contributed by atoms with Gasteiger partial charge in [-0.25, -0.2) is 9.59 Å². The van der Waals surface area contributed by atoms with Crippen molar-refractivity contribution in [2.24, 2.45) is 0 Å². The van der Waals surface area contributed by atoms with Crippen LogP contribution in [-0.2, 0) is 9.53 Å². The van der Waals surface area contributed by atoms with Crippen LogP contribution < -0.4 is 10.1 Å². The summed E-state index contributed by atoms with van der Waals surface area (Å²) in [4.78, 5) is 44.9. The van der Waals surface area contributed by atoms with E-state index < -0.39 is 12.0 Å². The third-order valence-electron chi connectivity index (χ3n) is 7.07. The molecule has 2 aliphatic heterocycles. The van der Waals surface area contributed by atoms with Crippen molar-refractivity contribution in [2.75, 3.05) is 53.5 Å². The summed E-state index contributed by atoms with van der Waals surface area (Å²) in [6.45, 7) is 6.95. The number of likely N-dealkylation sites (N-methyl/N-ethyl adjacent to an activating group) is 1. The minimum Gasteiger partial charge on any atom is -0.497 e. The van der Waals surface area contributed by atoms with Gasteiger partial charge in [-0.1, -0.05) is 29.8 Å². The molecule has 0 aliphatic carbocycles. The lowest BCUT2D eigenvalue weighted by molar-refractivity contribution is -0.139. The summed E-state index contributed by atoms with van der Waals surface area (Å²) < 4.78 is 10.7. The first-order valence-electron chi connectivity index (χ1n) is 13.0. The molecule has 4 rings (SSSR count). The number of esters is 1. The Balaban J connectivity index is 1.58. The molecule has 1 saturated heterocycles. The van der Waals surface area contributed by atoms with Crippen LogP contribution in [-0.4, -0.2) is 86.1 Å². The maximum atomic E-state index is 13.2. The average Bonchev–Trinajstić information content (AvgIpc) is 3.17. The first kappa shape index (κ1) is 27.2. The second-order valence-corrected chi connectivity index (χ2v) is 9.58. The maximum absolute atomic E-state index is 13.2. The fraction of sp³-hybridized carbons (Fsp3) is 0.414. The fourth-order valence-electron chi connectivity index (χ4n) is 4.87. The van der Waals surface area contributed by atoms with Gasteiger partial charge in [0, 0.05) is 51.0 Å². The van der Waals surface area contributed by atoms with E-state index in [0.717, 1.165) is 24.1 Å². The molecular weight excluding hydrogens is 484 g/mol. The van der Waals surface area contributed by atoms with Gasteiger partial charge < -0.3 is 19.7 Å². The van der Waals surface area contributed by atoms with Crippen LogP contribution in [0.25, 0.3) is 0 Å². The van der Waals surface area contributed by atoms with Crippen LogP contribution >= 0.6 is 0 Å². The number of benzene rings is 2. The average molecular weight is 521 g/mol. The summed E-state index contributed by atoms with van der Waals surface area (Å²) in [7, 11) is 3.25. The molecule has 0 bridgehead atoms. The number of methoxy groups -OCH3 is 1. The highest BCUT2D eigenvalue weighted by Gasteiger charge is 2.37. The minimum absolute atomic E-state index is 0.0204. The molecular formula is C29H36N4O5. The van der Waals surface area contributed by atoms with Gasteiger partial charge in [0.05, 0.1) is 25.3 Å². The molecule has 1 atom stereocenters. The van der Waals surface area contributed by atoms with Crippen molar-refractivity contribution in [1.29, 1.82) is 0 Å². The first-order chi connectivity index (χ1) is 18.3. The van der Waals surface area contributed by atoms with E-state index in [4.69, 9.17) is 9.47 Å². The Labute approximate surface area is 224 Å². The lowest BCUT2D eigenvalue weighted by Gasteiger charge is -2.36. The van der Waals surface area contributed by atoms with Gasteiger partial charge in [0.15, 0.2) is 0 Å². The van der Waals surface area contributed by atoms with E-state index in [0.29, 0.717) is 48.8 Å². The smallest absolute Gasteiger partial charge is 0.338 e. The van der Waals surface area contributed by atoms with E-state index in [-0.39, 0.29) is 18.5 Å². The standard InChI is InChI=1S/C29H36N4O5/c1-5-38-28(35)25-24(31(3)29(36)30-26(25)21-11-13-23(37-4)14-12-21)19-32-15-6-16-33(18-17-32)27(34)22-9-7-20(2)8-10-22/h7-14,26H,5-6,15-19H2,1-4H3,(H,30,36). The Morgan fingerprint density at radius 3 is 2.37 bits per heavy atom. The number of nitrogens with one attached hydrogen (secondary N) is 1. The van der Waals surface area contributed by atoms with Crippen molar-refractivity contribution in [1.82, 2.24) is 20.0 Å². The molecule has 0 aromatic heterocycles. The largest absolute Gasteiger partial charge is 0.497 e. The first-order valence-corrected chi connectivity index (χ1v) is 13.0. The molecule has 38 heavy (non-hydrogen) atoms. The molecule has 9 heteroatoms. The molecule has 2 aromatic rings. The van der Waals surface area contributed by atoms with Crippen LogP contribution in [0.5, 0.6) is 5.75 Å². The van der Waals surface area contributed by atoms with Crippen LogP contribution in [0.3, 0.4) is 0 Å². The quantitative estimate of drug-likeness (QED) is 0.563. The van der Waals surface area contributed by atoms with Crippen molar-refractivity contribution in [3.8, 4) is 5.75 Å². The fourth-order valence-corrected chi connectivity index (χ4v) is 4.87. The van der Waals surface area contributed by atoms with Gasteiger partial charge in [-0.2, -0.15) is 0 Å². The molecule has 1 N–H and O–H groups in total. The van der Waals surface area contributed by atoms with Gasteiger partial charge in [0.2, 0.25) is 0 Å². The highest BCUT2D eigenvalue weighted by atomic mass is 16.5. The van der Waals surface area contributed by atoms with Crippen LogP contribution in [0.15, 0.2) is 59.8 Å². The molecule has 2 heterocycles. The van der Waals surface area contributed by atoms with Crippen LogP contribution in [0, 0.1) is 6.92 Å². The topological polar surface area (TPSA) is 91.4 Å². The summed E-state index contributed by atoms with van der Waals surface area (Å²) in [6, 6.07) is 14.0. The summed E-state index contributed by atoms with van der Waals surface area (Å²) in [6.07, 6.45) is 0.789. The van der Waals surface area contributed by atoms with E-state index in [1.807, 2.05) is 48.2 Å². The minimum atomic E-state index is -0.648. The van der Waals surface area contributed by atoms with Crippen molar-refractivity contribution in [2.45, 2.75) is 26.3 Å². The SMILES string of the molecule is CCOC(=O)C1=C(CN2CCCN(C(=O)c3ccc(C)cc3)CC2)N(C)C(=O)NC1c1ccc(OC)cc1. The Bertz CT molecular complexity index is 1190. The zero-order valence-electron chi connectivity index (χ0n) is 22.5. The van der Waals surface area contributed by atoms with Gasteiger partial charge in [-0.05, 0) is 50.1 Å². The number of urea groups is 1. The Kier molecular flexibility index (Phi) is 8.68. The molecule has 0 spiro atoms. The second-order valence-electron chi connectivity index (χ2n) is 9.58. The van der Waals surface area contributed by atoms with E-state index in [9.17, 15) is 14.4 Å². The highest BCUT2D eigenvalue weighted by Crippen LogP contribution is 2.32. The van der Waals surface area contributed by atoms with Gasteiger partial charge in [-0.15, -0.1) is 0 Å². The summed E-state index contributed by atoms with van der Waals surface area (Å²) >= 11 is 0. The zero-order valence-corrected chi connectivity index (χ0v) is 22.5. The Morgan fingerprint density at radius 1 is 1.00 bits per heavy atom. The number of aryl methyl sites for hydroxylation is 1. The number of carbonyl (C=O) groups is 3. The van der Waals surface area contributed by atoms with Crippen molar-refractivity contribution in [3.05, 3.63) is 76.5 Å². The van der Waals surface area contributed by atoms with Gasteiger partial charge in [0.25, 0.3) is 5.91 Å². The van der Waals surface area contributed by atoms with Crippen LogP contribution in [0.4, 0.5) is 4.79 Å². The van der Waals surface area contributed by atoms with Crippen molar-refractivity contribution >= 4 is 17.9 Å². The number of nitrogens with zero attached hydrogens (tertiary/aromatic N) is 3. The summed E-state index contributed by atoms with van der Waals surface area (Å²) in [5.41, 5.74) is 3.58.